The Morgan fingerprint density at radius 2 is 1.74 bits per heavy atom. The van der Waals surface area contributed by atoms with Gasteiger partial charge >= 0.3 is 0 Å². The number of amides is 1. The Balaban J connectivity index is 1.31. The van der Waals surface area contributed by atoms with Gasteiger partial charge < -0.3 is 19.1 Å². The molecule has 3 fully saturated rings. The molecule has 5 aliphatic rings. The third kappa shape index (κ3) is 5.45. The smallest absolute Gasteiger partial charge is 0.250 e. The van der Waals surface area contributed by atoms with Crippen LogP contribution in [0.25, 0.3) is 22.9 Å². The van der Waals surface area contributed by atoms with Crippen molar-refractivity contribution in [1.82, 2.24) is 20.1 Å². The summed E-state index contributed by atoms with van der Waals surface area (Å²) >= 11 is 0. The fourth-order valence-corrected chi connectivity index (χ4v) is 8.19. The third-order valence-corrected chi connectivity index (χ3v) is 11.5. The minimum absolute atomic E-state index is 0.0306. The fourth-order valence-electron chi connectivity index (χ4n) is 6.82. The zero-order valence-corrected chi connectivity index (χ0v) is 25.9. The summed E-state index contributed by atoms with van der Waals surface area (Å²) in [4.78, 5) is 24.8. The molecule has 8 bridgehead atoms. The highest BCUT2D eigenvalue weighted by molar-refractivity contribution is 7.93. The van der Waals surface area contributed by atoms with E-state index >= 15 is 0 Å². The second-order valence-corrected chi connectivity index (χ2v) is 15.1. The van der Waals surface area contributed by atoms with E-state index in [0.29, 0.717) is 43.4 Å². The Bertz CT molecular complexity index is 1660. The standard InChI is InChI=1S/C31H39N7O4S/c1-20-17-32-27-16-25(20)29-34-33-28(42-29)24-9-6-22(35-43(40,41)23-7-8-23)15-26(24)37-13-10-31(2,11-14-37)19-36(3)30(39)21-5-4-12-38(27)18-21/h6,9,15-17,21,23,35H,4-5,7-8,10-14,18-19H2,1-3H3. The van der Waals surface area contributed by atoms with Crippen LogP contribution in [0, 0.1) is 18.3 Å². The minimum Gasteiger partial charge on any atom is -0.416 e. The van der Waals surface area contributed by atoms with Crippen LogP contribution in [-0.2, 0) is 14.8 Å². The number of nitrogens with zero attached hydrogens (tertiary/aromatic N) is 6. The van der Waals surface area contributed by atoms with Crippen LogP contribution >= 0.6 is 0 Å². The first-order valence-corrected chi connectivity index (χ1v) is 16.8. The van der Waals surface area contributed by atoms with Crippen LogP contribution in [0.5, 0.6) is 0 Å². The number of aryl methyl sites for hydroxylation is 1. The van der Waals surface area contributed by atoms with Crippen LogP contribution in [0.4, 0.5) is 17.2 Å². The van der Waals surface area contributed by atoms with Gasteiger partial charge in [0, 0.05) is 51.5 Å². The van der Waals surface area contributed by atoms with Crippen molar-refractivity contribution in [3.8, 4) is 22.9 Å². The highest BCUT2D eigenvalue weighted by Gasteiger charge is 2.38. The van der Waals surface area contributed by atoms with Crippen molar-refractivity contribution in [2.75, 3.05) is 54.3 Å². The summed E-state index contributed by atoms with van der Waals surface area (Å²) in [6.45, 7) is 7.93. The van der Waals surface area contributed by atoms with Crippen LogP contribution in [0.1, 0.15) is 51.0 Å². The van der Waals surface area contributed by atoms with E-state index < -0.39 is 10.0 Å². The predicted octanol–water partition coefficient (Wildman–Crippen LogP) is 4.31. The van der Waals surface area contributed by atoms with E-state index in [4.69, 9.17) is 9.40 Å². The summed E-state index contributed by atoms with van der Waals surface area (Å²) < 4.78 is 34.6. The van der Waals surface area contributed by atoms with Crippen molar-refractivity contribution < 1.29 is 17.6 Å². The molecule has 0 spiro atoms. The summed E-state index contributed by atoms with van der Waals surface area (Å²) in [6, 6.07) is 7.51. The second kappa shape index (κ2) is 10.5. The number of aromatic nitrogens is 3. The second-order valence-electron chi connectivity index (χ2n) is 13.1. The summed E-state index contributed by atoms with van der Waals surface area (Å²) in [6.07, 6.45) is 6.80. The molecule has 8 rings (SSSR count). The molecule has 0 radical (unpaired) electrons. The summed E-state index contributed by atoms with van der Waals surface area (Å²) in [7, 11) is -1.47. The first-order valence-electron chi connectivity index (χ1n) is 15.3. The number of carbonyl (C=O) groups is 1. The molecule has 1 amide bonds. The Morgan fingerprint density at radius 3 is 2.49 bits per heavy atom. The number of carbonyl (C=O) groups excluding carboxylic acids is 1. The van der Waals surface area contributed by atoms with Crippen LogP contribution in [0.15, 0.2) is 34.9 Å². The molecule has 1 aromatic carbocycles. The van der Waals surface area contributed by atoms with Crippen LogP contribution < -0.4 is 14.5 Å². The number of sulfonamides is 1. The zero-order valence-electron chi connectivity index (χ0n) is 25.0. The van der Waals surface area contributed by atoms with Crippen molar-refractivity contribution in [2.24, 2.45) is 11.3 Å². The quantitative estimate of drug-likeness (QED) is 0.465. The lowest BCUT2D eigenvalue weighted by Crippen LogP contribution is -2.49. The van der Waals surface area contributed by atoms with Gasteiger partial charge in [-0.15, -0.1) is 10.2 Å². The van der Waals surface area contributed by atoms with Crippen molar-refractivity contribution in [1.29, 1.82) is 0 Å². The monoisotopic (exact) mass is 605 g/mol. The van der Waals surface area contributed by atoms with E-state index in [0.717, 1.165) is 73.5 Å². The number of benzene rings is 1. The molecule has 11 nitrogen and oxygen atoms in total. The molecular formula is C31H39N7O4S. The van der Waals surface area contributed by atoms with E-state index in [2.05, 4.69) is 31.6 Å². The number of pyridine rings is 1. The van der Waals surface area contributed by atoms with Crippen LogP contribution in [0.3, 0.4) is 0 Å². The molecule has 2 aromatic heterocycles. The first kappa shape index (κ1) is 28.1. The molecule has 1 unspecified atom stereocenters. The number of rotatable bonds is 3. The lowest BCUT2D eigenvalue weighted by Gasteiger charge is -2.43. The van der Waals surface area contributed by atoms with Crippen molar-refractivity contribution in [3.63, 3.8) is 0 Å². The van der Waals surface area contributed by atoms with Gasteiger partial charge in [0.1, 0.15) is 5.82 Å². The van der Waals surface area contributed by atoms with Gasteiger partial charge in [-0.05, 0) is 80.7 Å². The normalized spacial score (nSPS) is 24.4. The van der Waals surface area contributed by atoms with Gasteiger partial charge in [0.15, 0.2) is 0 Å². The Kier molecular flexibility index (Phi) is 6.87. The summed E-state index contributed by atoms with van der Waals surface area (Å²) in [5, 5.41) is 8.59. The van der Waals surface area contributed by atoms with Gasteiger partial charge in [-0.1, -0.05) is 6.92 Å². The molecule has 43 heavy (non-hydrogen) atoms. The van der Waals surface area contributed by atoms with E-state index in [-0.39, 0.29) is 22.5 Å². The Morgan fingerprint density at radius 1 is 1.00 bits per heavy atom. The van der Waals surface area contributed by atoms with Gasteiger partial charge in [0.05, 0.1) is 28.1 Å². The number of hydrogen-bond donors (Lipinski definition) is 1. The lowest BCUT2D eigenvalue weighted by molar-refractivity contribution is -0.136. The maximum Gasteiger partial charge on any atom is 0.250 e. The van der Waals surface area contributed by atoms with Crippen molar-refractivity contribution in [2.45, 2.75) is 57.6 Å². The van der Waals surface area contributed by atoms with E-state index in [1.807, 2.05) is 43.3 Å². The maximum atomic E-state index is 13.7. The minimum atomic E-state index is -3.42. The van der Waals surface area contributed by atoms with E-state index in [1.54, 1.807) is 6.07 Å². The van der Waals surface area contributed by atoms with Gasteiger partial charge in [-0.2, -0.15) is 0 Å². The van der Waals surface area contributed by atoms with Crippen molar-refractivity contribution in [3.05, 3.63) is 36.0 Å². The highest BCUT2D eigenvalue weighted by atomic mass is 32.2. The highest BCUT2D eigenvalue weighted by Crippen LogP contribution is 2.41. The maximum absolute atomic E-state index is 13.7. The number of hydrogen-bond acceptors (Lipinski definition) is 9. The van der Waals surface area contributed by atoms with Gasteiger partial charge in [0.2, 0.25) is 27.7 Å². The molecule has 1 N–H and O–H groups in total. The molecule has 6 heterocycles. The molecule has 12 heteroatoms. The largest absolute Gasteiger partial charge is 0.416 e. The van der Waals surface area contributed by atoms with E-state index in [9.17, 15) is 13.2 Å². The van der Waals surface area contributed by atoms with Crippen molar-refractivity contribution >= 4 is 33.1 Å². The SMILES string of the molecule is Cc1cnc2cc1-c1nnc(o1)-c1ccc(NS(=O)(=O)C3CC3)cc1N1CCC(C)(CC1)CN(C)C(=O)C1CCCN2C1. The topological polar surface area (TPSA) is 125 Å². The molecule has 1 aliphatic carbocycles. The average molecular weight is 606 g/mol. The third-order valence-electron chi connectivity index (χ3n) is 9.60. The predicted molar refractivity (Wildman–Crippen MR) is 165 cm³/mol. The zero-order chi connectivity index (χ0) is 29.9. The molecule has 2 saturated heterocycles. The van der Waals surface area contributed by atoms with Crippen LogP contribution in [-0.4, -0.2) is 79.4 Å². The molecule has 4 aliphatic heterocycles. The molecule has 1 saturated carbocycles. The molecular weight excluding hydrogens is 566 g/mol. The Hall–Kier alpha value is -3.67. The van der Waals surface area contributed by atoms with Gasteiger partial charge in [-0.3, -0.25) is 9.52 Å². The summed E-state index contributed by atoms with van der Waals surface area (Å²) in [5.41, 5.74) is 3.83. The lowest BCUT2D eigenvalue weighted by atomic mass is 9.79. The van der Waals surface area contributed by atoms with E-state index in [1.165, 1.54) is 0 Å². The number of fused-ring (bicyclic) bond motifs is 4. The average Bonchev–Trinajstić information content (AvgIpc) is 3.76. The molecule has 3 aromatic rings. The molecule has 1 atom stereocenters. The number of piperidine rings is 2. The number of anilines is 3. The van der Waals surface area contributed by atoms with Crippen LogP contribution in [0.2, 0.25) is 0 Å². The van der Waals surface area contributed by atoms with Gasteiger partial charge in [0.25, 0.3) is 0 Å². The van der Waals surface area contributed by atoms with Gasteiger partial charge in [-0.25, -0.2) is 13.4 Å². The first-order chi connectivity index (χ1) is 20.6. The Labute approximate surface area is 252 Å². The fraction of sp³-hybridized carbons (Fsp3) is 0.548. The number of nitrogens with one attached hydrogen (secondary N) is 1. The summed E-state index contributed by atoms with van der Waals surface area (Å²) in [5.74, 6) is 1.70. The molecule has 228 valence electrons.